The Kier molecular flexibility index (Phi) is 2.10. The summed E-state index contributed by atoms with van der Waals surface area (Å²) in [5, 5.41) is 12.1. The number of carbonyl (C=O) groups excluding carboxylic acids is 1. The van der Waals surface area contributed by atoms with Gasteiger partial charge in [0.2, 0.25) is 0 Å². The van der Waals surface area contributed by atoms with Crippen molar-refractivity contribution in [2.45, 2.75) is 0 Å². The molecule has 4 nitrogen and oxygen atoms in total. The van der Waals surface area contributed by atoms with Crippen LogP contribution in [0.4, 0.5) is 5.69 Å². The van der Waals surface area contributed by atoms with Crippen LogP contribution in [0.1, 0.15) is 0 Å². The van der Waals surface area contributed by atoms with Crippen molar-refractivity contribution in [3.8, 4) is 5.75 Å². The monoisotopic (exact) mass is 191 g/mol. The number of benzene rings is 1. The van der Waals surface area contributed by atoms with Crippen molar-refractivity contribution in [1.29, 1.82) is 0 Å². The Hall–Kier alpha value is -1.97. The molecule has 14 heavy (non-hydrogen) atoms. The zero-order chi connectivity index (χ0) is 9.97. The van der Waals surface area contributed by atoms with E-state index in [2.05, 4.69) is 5.32 Å². The first-order valence-electron chi connectivity index (χ1n) is 4.17. The molecule has 0 atom stereocenters. The number of aromatic hydroxyl groups is 1. The average molecular weight is 191 g/mol. The number of carbonyl (C=O) groups is 1. The van der Waals surface area contributed by atoms with Crippen molar-refractivity contribution in [1.82, 2.24) is 0 Å². The molecule has 0 fully saturated rings. The highest BCUT2D eigenvalue weighted by atomic mass is 16.5. The van der Waals surface area contributed by atoms with Gasteiger partial charge in [0.1, 0.15) is 12.4 Å². The molecule has 4 heteroatoms. The zero-order valence-electron chi connectivity index (χ0n) is 7.36. The highest BCUT2D eigenvalue weighted by Crippen LogP contribution is 2.18. The van der Waals surface area contributed by atoms with Gasteiger partial charge in [-0.05, 0) is 12.1 Å². The Labute approximate surface area is 80.8 Å². The summed E-state index contributed by atoms with van der Waals surface area (Å²) in [4.78, 5) is 10.7. The Morgan fingerprint density at radius 2 is 2.29 bits per heavy atom. The van der Waals surface area contributed by atoms with Crippen LogP contribution in [-0.2, 0) is 9.53 Å². The van der Waals surface area contributed by atoms with Gasteiger partial charge in [0.25, 0.3) is 0 Å². The number of hydrogen-bond donors (Lipinski definition) is 2. The lowest BCUT2D eigenvalue weighted by Crippen LogP contribution is -2.00. The summed E-state index contributed by atoms with van der Waals surface area (Å²) in [6, 6.07) is 6.67. The molecule has 72 valence electrons. The van der Waals surface area contributed by atoms with Crippen LogP contribution in [0.5, 0.6) is 5.75 Å². The van der Waals surface area contributed by atoms with Gasteiger partial charge in [-0.25, -0.2) is 4.79 Å². The molecule has 0 spiro atoms. The number of hydrogen-bond acceptors (Lipinski definition) is 4. The molecule has 1 aromatic rings. The fraction of sp³-hybridized carbons (Fsp3) is 0.100. The number of nitrogens with one attached hydrogen (secondary N) is 1. The largest absolute Gasteiger partial charge is 0.508 e. The molecular weight excluding hydrogens is 182 g/mol. The fourth-order valence-corrected chi connectivity index (χ4v) is 1.22. The van der Waals surface area contributed by atoms with Crippen LogP contribution in [0, 0.1) is 0 Å². The molecule has 0 bridgehead atoms. The van der Waals surface area contributed by atoms with Crippen molar-refractivity contribution in [3.63, 3.8) is 0 Å². The first kappa shape index (κ1) is 8.62. The molecule has 0 radical (unpaired) electrons. The van der Waals surface area contributed by atoms with Gasteiger partial charge in [0.15, 0.2) is 0 Å². The Morgan fingerprint density at radius 3 is 2.93 bits per heavy atom. The Bertz CT molecular complexity index is 398. The number of ether oxygens (including phenoxy) is 1. The average Bonchev–Trinajstić information content (AvgIpc) is 2.51. The molecule has 0 unspecified atom stereocenters. The summed E-state index contributed by atoms with van der Waals surface area (Å²) >= 11 is 0. The van der Waals surface area contributed by atoms with Crippen LogP contribution >= 0.6 is 0 Å². The predicted octanol–water partition coefficient (Wildman–Crippen LogP) is 1.24. The zero-order valence-corrected chi connectivity index (χ0v) is 7.36. The van der Waals surface area contributed by atoms with Crippen LogP contribution in [-0.4, -0.2) is 17.7 Å². The summed E-state index contributed by atoms with van der Waals surface area (Å²) < 4.78 is 4.71. The molecule has 1 heterocycles. The van der Waals surface area contributed by atoms with E-state index in [1.54, 1.807) is 24.3 Å². The molecule has 0 aromatic heterocycles. The smallest absolute Gasteiger partial charge is 0.333 e. The number of rotatable bonds is 2. The van der Waals surface area contributed by atoms with Crippen LogP contribution in [0.3, 0.4) is 0 Å². The van der Waals surface area contributed by atoms with Crippen LogP contribution in [0.2, 0.25) is 0 Å². The number of esters is 1. The van der Waals surface area contributed by atoms with Gasteiger partial charge in [0, 0.05) is 17.8 Å². The molecule has 0 aliphatic carbocycles. The molecule has 2 rings (SSSR count). The van der Waals surface area contributed by atoms with Crippen molar-refractivity contribution in [2.75, 3.05) is 11.9 Å². The SMILES string of the molecule is O=C1C=C(Nc2cccc(O)c2)CO1. The van der Waals surface area contributed by atoms with Gasteiger partial charge in [-0.2, -0.15) is 0 Å². The van der Waals surface area contributed by atoms with E-state index >= 15 is 0 Å². The van der Waals surface area contributed by atoms with Gasteiger partial charge in [0.05, 0.1) is 5.70 Å². The molecule has 2 N–H and O–H groups in total. The molecule has 0 amide bonds. The van der Waals surface area contributed by atoms with E-state index in [1.165, 1.54) is 6.08 Å². The van der Waals surface area contributed by atoms with Crippen LogP contribution < -0.4 is 5.32 Å². The third kappa shape index (κ3) is 1.85. The molecule has 1 aliphatic heterocycles. The summed E-state index contributed by atoms with van der Waals surface area (Å²) in [6.45, 7) is 0.258. The highest BCUT2D eigenvalue weighted by Gasteiger charge is 2.12. The first-order chi connectivity index (χ1) is 6.74. The number of phenolic OH excluding ortho intramolecular Hbond substituents is 1. The van der Waals surface area contributed by atoms with Crippen molar-refractivity contribution in [2.24, 2.45) is 0 Å². The third-order valence-corrected chi connectivity index (χ3v) is 1.81. The van der Waals surface area contributed by atoms with Crippen LogP contribution in [0.15, 0.2) is 36.0 Å². The van der Waals surface area contributed by atoms with E-state index in [1.807, 2.05) is 0 Å². The number of phenols is 1. The topological polar surface area (TPSA) is 58.6 Å². The van der Waals surface area contributed by atoms with Crippen molar-refractivity contribution >= 4 is 11.7 Å². The minimum atomic E-state index is -0.340. The van der Waals surface area contributed by atoms with E-state index in [9.17, 15) is 9.90 Å². The van der Waals surface area contributed by atoms with Gasteiger partial charge in [-0.1, -0.05) is 6.07 Å². The second kappa shape index (κ2) is 3.41. The molecule has 1 aliphatic rings. The minimum Gasteiger partial charge on any atom is -0.508 e. The van der Waals surface area contributed by atoms with E-state index < -0.39 is 0 Å². The van der Waals surface area contributed by atoms with Crippen molar-refractivity contribution < 1.29 is 14.6 Å². The Balaban J connectivity index is 2.11. The maximum Gasteiger partial charge on any atom is 0.333 e. The first-order valence-corrected chi connectivity index (χ1v) is 4.17. The lowest BCUT2D eigenvalue weighted by molar-refractivity contribution is -0.134. The standard InChI is InChI=1S/C10H9NO3/c12-9-3-1-2-7(4-9)11-8-5-10(13)14-6-8/h1-5,11-12H,6H2. The summed E-state index contributed by atoms with van der Waals surface area (Å²) in [5.74, 6) is -0.159. The maximum absolute atomic E-state index is 10.7. The minimum absolute atomic E-state index is 0.181. The lowest BCUT2D eigenvalue weighted by Gasteiger charge is -2.05. The lowest BCUT2D eigenvalue weighted by atomic mass is 10.3. The van der Waals surface area contributed by atoms with E-state index in [0.717, 1.165) is 5.69 Å². The quantitative estimate of drug-likeness (QED) is 0.690. The second-order valence-corrected chi connectivity index (χ2v) is 2.95. The predicted molar refractivity (Wildman–Crippen MR) is 50.8 cm³/mol. The van der Waals surface area contributed by atoms with Gasteiger partial charge in [-0.15, -0.1) is 0 Å². The molecule has 0 saturated carbocycles. The van der Waals surface area contributed by atoms with E-state index in [-0.39, 0.29) is 18.3 Å². The van der Waals surface area contributed by atoms with Crippen LogP contribution in [0.25, 0.3) is 0 Å². The highest BCUT2D eigenvalue weighted by molar-refractivity contribution is 5.86. The Morgan fingerprint density at radius 1 is 1.43 bits per heavy atom. The van der Waals surface area contributed by atoms with Gasteiger partial charge < -0.3 is 15.2 Å². The third-order valence-electron chi connectivity index (χ3n) is 1.81. The van der Waals surface area contributed by atoms with E-state index in [4.69, 9.17) is 4.74 Å². The maximum atomic E-state index is 10.7. The van der Waals surface area contributed by atoms with Crippen molar-refractivity contribution in [3.05, 3.63) is 36.0 Å². The molecule has 0 saturated heterocycles. The van der Waals surface area contributed by atoms with Gasteiger partial charge >= 0.3 is 5.97 Å². The number of anilines is 1. The molecule has 1 aromatic carbocycles. The van der Waals surface area contributed by atoms with E-state index in [0.29, 0.717) is 5.70 Å². The molecular formula is C10H9NO3. The second-order valence-electron chi connectivity index (χ2n) is 2.95. The fourth-order valence-electron chi connectivity index (χ4n) is 1.22. The summed E-state index contributed by atoms with van der Waals surface area (Å²) in [6.07, 6.45) is 1.39. The van der Waals surface area contributed by atoms with Gasteiger partial charge in [-0.3, -0.25) is 0 Å². The summed E-state index contributed by atoms with van der Waals surface area (Å²) in [5.41, 5.74) is 1.43. The summed E-state index contributed by atoms with van der Waals surface area (Å²) in [7, 11) is 0. The number of cyclic esters (lactones) is 1. The normalized spacial score (nSPS) is 14.9.